The summed E-state index contributed by atoms with van der Waals surface area (Å²) >= 11 is 1.69. The van der Waals surface area contributed by atoms with Gasteiger partial charge in [0.25, 0.3) is 5.91 Å². The Bertz CT molecular complexity index is 627. The summed E-state index contributed by atoms with van der Waals surface area (Å²) in [6, 6.07) is -0.370. The van der Waals surface area contributed by atoms with Crippen LogP contribution in [0.25, 0.3) is 0 Å². The number of carbonyl (C=O) groups excluding carboxylic acids is 2. The molecule has 1 atom stereocenters. The van der Waals surface area contributed by atoms with Crippen molar-refractivity contribution in [1.29, 1.82) is 0 Å². The molecule has 126 valence electrons. The summed E-state index contributed by atoms with van der Waals surface area (Å²) in [5.41, 5.74) is 0.311. The third-order valence-electron chi connectivity index (χ3n) is 4.51. The number of likely N-dealkylation sites (tertiary alicyclic amines) is 1. The molecule has 1 spiro atoms. The Morgan fingerprint density at radius 3 is 2.65 bits per heavy atom. The normalized spacial score (nSPS) is 25.4. The average molecular weight is 336 g/mol. The van der Waals surface area contributed by atoms with Gasteiger partial charge in [-0.25, -0.2) is 9.78 Å². The van der Waals surface area contributed by atoms with Crippen LogP contribution in [-0.2, 0) is 11.3 Å². The lowest BCUT2D eigenvalue weighted by Gasteiger charge is -2.23. The first-order valence-electron chi connectivity index (χ1n) is 8.15. The Morgan fingerprint density at radius 2 is 2.09 bits per heavy atom. The fourth-order valence-corrected chi connectivity index (χ4v) is 4.13. The molecule has 2 aliphatic rings. The van der Waals surface area contributed by atoms with Crippen molar-refractivity contribution in [3.63, 3.8) is 0 Å². The van der Waals surface area contributed by atoms with Crippen LogP contribution in [0.2, 0.25) is 0 Å². The van der Waals surface area contributed by atoms with Crippen molar-refractivity contribution < 1.29 is 9.59 Å². The number of imide groups is 1. The maximum atomic E-state index is 12.7. The monoisotopic (exact) mass is 336 g/mol. The van der Waals surface area contributed by atoms with Gasteiger partial charge >= 0.3 is 6.03 Å². The minimum Gasteiger partial charge on any atom is -0.322 e. The number of hydrogen-bond acceptors (Lipinski definition) is 5. The van der Waals surface area contributed by atoms with Gasteiger partial charge in [-0.3, -0.25) is 14.6 Å². The number of aromatic nitrogens is 1. The zero-order chi connectivity index (χ0) is 16.8. The molecule has 0 unspecified atom stereocenters. The fourth-order valence-electron chi connectivity index (χ4n) is 3.30. The number of amides is 3. The zero-order valence-corrected chi connectivity index (χ0v) is 14.9. The van der Waals surface area contributed by atoms with Gasteiger partial charge in [0, 0.05) is 37.0 Å². The molecule has 1 N–H and O–H groups in total. The van der Waals surface area contributed by atoms with Gasteiger partial charge in [0.2, 0.25) is 0 Å². The number of nitrogens with zero attached hydrogens (tertiary/aromatic N) is 3. The third kappa shape index (κ3) is 2.87. The summed E-state index contributed by atoms with van der Waals surface area (Å²) in [5.74, 6) is 0.357. The van der Waals surface area contributed by atoms with E-state index in [2.05, 4.69) is 34.4 Å². The van der Waals surface area contributed by atoms with E-state index in [1.54, 1.807) is 11.3 Å². The van der Waals surface area contributed by atoms with E-state index in [4.69, 9.17) is 0 Å². The molecular weight excluding hydrogens is 312 g/mol. The van der Waals surface area contributed by atoms with Gasteiger partial charge in [-0.1, -0.05) is 13.8 Å². The Morgan fingerprint density at radius 1 is 1.35 bits per heavy atom. The summed E-state index contributed by atoms with van der Waals surface area (Å²) in [6.07, 6.45) is 0.669. The van der Waals surface area contributed by atoms with Crippen molar-refractivity contribution in [1.82, 2.24) is 20.1 Å². The summed E-state index contributed by atoms with van der Waals surface area (Å²) < 4.78 is 0. The zero-order valence-electron chi connectivity index (χ0n) is 14.1. The second-order valence-electron chi connectivity index (χ2n) is 7.07. The summed E-state index contributed by atoms with van der Waals surface area (Å²) in [5, 5.41) is 6.16. The molecular formula is C16H24N4O2S. The second kappa shape index (κ2) is 5.87. The first kappa shape index (κ1) is 16.4. The molecule has 3 amide bonds. The van der Waals surface area contributed by atoms with Crippen LogP contribution in [0.15, 0.2) is 5.38 Å². The van der Waals surface area contributed by atoms with Gasteiger partial charge in [-0.15, -0.1) is 11.3 Å². The Hall–Kier alpha value is -1.47. The van der Waals surface area contributed by atoms with E-state index >= 15 is 0 Å². The van der Waals surface area contributed by atoms with E-state index in [9.17, 15) is 9.59 Å². The van der Waals surface area contributed by atoms with Crippen molar-refractivity contribution in [3.8, 4) is 0 Å². The molecule has 0 saturated carbocycles. The molecule has 6 nitrogen and oxygen atoms in total. The van der Waals surface area contributed by atoms with E-state index in [-0.39, 0.29) is 18.0 Å². The van der Waals surface area contributed by atoms with E-state index in [1.807, 2.05) is 13.8 Å². The molecule has 0 radical (unpaired) electrons. The van der Waals surface area contributed by atoms with Crippen LogP contribution in [0.1, 0.15) is 50.7 Å². The van der Waals surface area contributed by atoms with Crippen molar-refractivity contribution in [2.45, 2.75) is 58.2 Å². The van der Waals surface area contributed by atoms with Gasteiger partial charge in [-0.05, 0) is 20.3 Å². The van der Waals surface area contributed by atoms with Gasteiger partial charge in [-0.2, -0.15) is 0 Å². The van der Waals surface area contributed by atoms with Crippen LogP contribution in [0.4, 0.5) is 4.79 Å². The van der Waals surface area contributed by atoms with Gasteiger partial charge in [0.05, 0.1) is 10.7 Å². The lowest BCUT2D eigenvalue weighted by Crippen LogP contribution is -2.49. The first-order chi connectivity index (χ1) is 10.8. The molecule has 0 bridgehead atoms. The maximum absolute atomic E-state index is 12.7. The maximum Gasteiger partial charge on any atom is 0.325 e. The predicted molar refractivity (Wildman–Crippen MR) is 89.3 cm³/mol. The smallest absolute Gasteiger partial charge is 0.322 e. The Balaban J connectivity index is 1.68. The number of carbonyl (C=O) groups is 2. The summed E-state index contributed by atoms with van der Waals surface area (Å²) in [4.78, 5) is 33.0. The van der Waals surface area contributed by atoms with Crippen LogP contribution in [0, 0.1) is 0 Å². The van der Waals surface area contributed by atoms with E-state index in [0.717, 1.165) is 23.8 Å². The lowest BCUT2D eigenvalue weighted by atomic mass is 9.98. The molecule has 3 heterocycles. The van der Waals surface area contributed by atoms with Crippen molar-refractivity contribution in [2.24, 2.45) is 0 Å². The van der Waals surface area contributed by atoms with Crippen LogP contribution in [0.5, 0.6) is 0 Å². The van der Waals surface area contributed by atoms with E-state index in [1.165, 1.54) is 4.90 Å². The molecule has 2 saturated heterocycles. The predicted octanol–water partition coefficient (Wildman–Crippen LogP) is 2.17. The standard InChI is InChI=1S/C16H24N4O2S/c1-10(2)13-17-12(8-23-13)7-19-6-5-16(9-19)14(21)20(11(3)4)15(22)18-16/h8,10-11H,5-7,9H2,1-4H3,(H,18,22)/t16-/m0/s1. The number of thiazole rings is 1. The second-order valence-corrected chi connectivity index (χ2v) is 7.96. The number of hydrogen-bond donors (Lipinski definition) is 1. The summed E-state index contributed by atoms with van der Waals surface area (Å²) in [6.45, 7) is 10.1. The highest BCUT2D eigenvalue weighted by Gasteiger charge is 2.55. The molecule has 0 aromatic carbocycles. The third-order valence-corrected chi connectivity index (χ3v) is 5.70. The SMILES string of the molecule is CC(C)c1nc(CN2CC[C@@]3(C2)NC(=O)N(C(C)C)C3=O)cs1. The van der Waals surface area contributed by atoms with Crippen molar-refractivity contribution in [3.05, 3.63) is 16.1 Å². The number of rotatable bonds is 4. The van der Waals surface area contributed by atoms with Gasteiger partial charge < -0.3 is 5.32 Å². The Labute approximate surface area is 140 Å². The molecule has 2 fully saturated rings. The van der Waals surface area contributed by atoms with Gasteiger partial charge in [0.15, 0.2) is 0 Å². The minimum absolute atomic E-state index is 0.0823. The Kier molecular flexibility index (Phi) is 4.18. The topological polar surface area (TPSA) is 65.5 Å². The number of nitrogens with one attached hydrogen (secondary N) is 1. The average Bonchev–Trinajstić information content (AvgIpc) is 3.12. The van der Waals surface area contributed by atoms with Crippen LogP contribution in [0.3, 0.4) is 0 Å². The molecule has 3 rings (SSSR count). The molecule has 7 heteroatoms. The van der Waals surface area contributed by atoms with E-state index < -0.39 is 5.54 Å². The molecule has 2 aliphatic heterocycles. The van der Waals surface area contributed by atoms with Crippen molar-refractivity contribution >= 4 is 23.3 Å². The van der Waals surface area contributed by atoms with Crippen LogP contribution < -0.4 is 5.32 Å². The minimum atomic E-state index is -0.738. The lowest BCUT2D eigenvalue weighted by molar-refractivity contribution is -0.132. The highest BCUT2D eigenvalue weighted by atomic mass is 32.1. The highest BCUT2D eigenvalue weighted by molar-refractivity contribution is 7.09. The van der Waals surface area contributed by atoms with Crippen molar-refractivity contribution in [2.75, 3.05) is 13.1 Å². The van der Waals surface area contributed by atoms with Gasteiger partial charge in [0.1, 0.15) is 5.54 Å². The van der Waals surface area contributed by atoms with Crippen LogP contribution >= 0.6 is 11.3 Å². The van der Waals surface area contributed by atoms with Crippen LogP contribution in [-0.4, -0.2) is 51.4 Å². The molecule has 1 aromatic heterocycles. The number of urea groups is 1. The first-order valence-corrected chi connectivity index (χ1v) is 9.03. The largest absolute Gasteiger partial charge is 0.325 e. The fraction of sp³-hybridized carbons (Fsp3) is 0.688. The van der Waals surface area contributed by atoms with E-state index in [0.29, 0.717) is 18.9 Å². The molecule has 23 heavy (non-hydrogen) atoms. The highest BCUT2D eigenvalue weighted by Crippen LogP contribution is 2.31. The molecule has 0 aliphatic carbocycles. The quantitative estimate of drug-likeness (QED) is 0.856. The summed E-state index contributed by atoms with van der Waals surface area (Å²) in [7, 11) is 0. The molecule has 1 aromatic rings.